The van der Waals surface area contributed by atoms with Crippen LogP contribution in [0.15, 0.2) is 65.6 Å². The molecule has 0 heterocycles. The van der Waals surface area contributed by atoms with Crippen LogP contribution in [-0.4, -0.2) is 11.5 Å². The normalized spacial score (nSPS) is 10.8. The van der Waals surface area contributed by atoms with Gasteiger partial charge in [0.1, 0.15) is 0 Å². The Morgan fingerprint density at radius 2 is 1.89 bits per heavy atom. The second kappa shape index (κ2) is 6.95. The van der Waals surface area contributed by atoms with E-state index in [1.165, 1.54) is 5.56 Å². The fraction of sp³-hybridized carbons (Fsp3) is 0.118. The quantitative estimate of drug-likeness (QED) is 0.578. The molecule has 0 N–H and O–H groups in total. The van der Waals surface area contributed by atoms with Gasteiger partial charge in [-0.25, -0.2) is 0 Å². The highest BCUT2D eigenvalue weighted by Crippen LogP contribution is 2.19. The predicted octanol–water partition coefficient (Wildman–Crippen LogP) is 4.69. The number of carbonyl (C=O) groups is 1. The van der Waals surface area contributed by atoms with Crippen LogP contribution in [0.5, 0.6) is 0 Å². The standard InChI is InChI=1S/C17H16OS/c1-14(18)16-10-5-11-17(13-16)19-12-6-9-15-7-3-2-4-8-15/h2-11,13H,12H2,1H3. The molecular weight excluding hydrogens is 252 g/mol. The Morgan fingerprint density at radius 3 is 2.63 bits per heavy atom. The summed E-state index contributed by atoms with van der Waals surface area (Å²) < 4.78 is 0. The number of Topliss-reactive ketones (excluding diaryl/α,β-unsaturated/α-hetero) is 1. The molecule has 0 saturated carbocycles. The van der Waals surface area contributed by atoms with Gasteiger partial charge in [-0.15, -0.1) is 11.8 Å². The SMILES string of the molecule is CC(=O)c1cccc(SCC=Cc2ccccc2)c1. The van der Waals surface area contributed by atoms with Crippen molar-refractivity contribution >= 4 is 23.6 Å². The van der Waals surface area contributed by atoms with Gasteiger partial charge in [-0.1, -0.05) is 54.6 Å². The van der Waals surface area contributed by atoms with Crippen molar-refractivity contribution in [2.24, 2.45) is 0 Å². The minimum atomic E-state index is 0.113. The molecule has 0 fully saturated rings. The van der Waals surface area contributed by atoms with Gasteiger partial charge < -0.3 is 0 Å². The fourth-order valence-corrected chi connectivity index (χ4v) is 2.47. The van der Waals surface area contributed by atoms with E-state index < -0.39 is 0 Å². The third-order valence-corrected chi connectivity index (χ3v) is 3.64. The Labute approximate surface area is 118 Å². The van der Waals surface area contributed by atoms with Crippen LogP contribution in [-0.2, 0) is 0 Å². The zero-order valence-corrected chi connectivity index (χ0v) is 11.7. The van der Waals surface area contributed by atoms with Crippen LogP contribution >= 0.6 is 11.8 Å². The third kappa shape index (κ3) is 4.42. The largest absolute Gasteiger partial charge is 0.295 e. The molecule has 0 aliphatic carbocycles. The molecule has 19 heavy (non-hydrogen) atoms. The predicted molar refractivity (Wildman–Crippen MR) is 82.6 cm³/mol. The molecular formula is C17H16OS. The van der Waals surface area contributed by atoms with Gasteiger partial charge in [0.25, 0.3) is 0 Å². The lowest BCUT2D eigenvalue weighted by Crippen LogP contribution is -1.91. The van der Waals surface area contributed by atoms with E-state index in [4.69, 9.17) is 0 Å². The van der Waals surface area contributed by atoms with Crippen LogP contribution < -0.4 is 0 Å². The number of hydrogen-bond acceptors (Lipinski definition) is 2. The Kier molecular flexibility index (Phi) is 4.99. The van der Waals surface area contributed by atoms with Gasteiger partial charge in [0.15, 0.2) is 5.78 Å². The summed E-state index contributed by atoms with van der Waals surface area (Å²) in [7, 11) is 0. The maximum absolute atomic E-state index is 11.3. The van der Waals surface area contributed by atoms with Crippen molar-refractivity contribution in [1.29, 1.82) is 0 Å². The topological polar surface area (TPSA) is 17.1 Å². The number of carbonyl (C=O) groups excluding carboxylic acids is 1. The van der Waals surface area contributed by atoms with Gasteiger partial charge in [-0.2, -0.15) is 0 Å². The summed E-state index contributed by atoms with van der Waals surface area (Å²) in [6.45, 7) is 1.60. The first-order valence-electron chi connectivity index (χ1n) is 6.21. The zero-order chi connectivity index (χ0) is 13.5. The number of thioether (sulfide) groups is 1. The van der Waals surface area contributed by atoms with E-state index in [0.29, 0.717) is 0 Å². The summed E-state index contributed by atoms with van der Waals surface area (Å²) in [6.07, 6.45) is 4.25. The zero-order valence-electron chi connectivity index (χ0n) is 10.9. The van der Waals surface area contributed by atoms with Crippen LogP contribution in [0.1, 0.15) is 22.8 Å². The molecule has 0 amide bonds. The van der Waals surface area contributed by atoms with E-state index in [1.807, 2.05) is 42.5 Å². The lowest BCUT2D eigenvalue weighted by atomic mass is 10.2. The molecule has 1 nitrogen and oxygen atoms in total. The summed E-state index contributed by atoms with van der Waals surface area (Å²) in [5.74, 6) is 1.01. The van der Waals surface area contributed by atoms with Crippen molar-refractivity contribution in [2.75, 3.05) is 5.75 Å². The fourth-order valence-electron chi connectivity index (χ4n) is 1.70. The van der Waals surface area contributed by atoms with Crippen molar-refractivity contribution in [1.82, 2.24) is 0 Å². The minimum absolute atomic E-state index is 0.113. The van der Waals surface area contributed by atoms with Crippen molar-refractivity contribution in [3.8, 4) is 0 Å². The molecule has 2 aromatic carbocycles. The van der Waals surface area contributed by atoms with Crippen molar-refractivity contribution in [3.05, 3.63) is 71.8 Å². The molecule has 2 heteroatoms. The molecule has 0 aromatic heterocycles. The van der Waals surface area contributed by atoms with E-state index in [1.54, 1.807) is 18.7 Å². The molecule has 0 unspecified atom stereocenters. The van der Waals surface area contributed by atoms with Gasteiger partial charge >= 0.3 is 0 Å². The second-order valence-electron chi connectivity index (χ2n) is 4.21. The number of hydrogen-bond donors (Lipinski definition) is 0. The first-order chi connectivity index (χ1) is 9.25. The molecule has 96 valence electrons. The number of rotatable bonds is 5. The van der Waals surface area contributed by atoms with Gasteiger partial charge in [0, 0.05) is 16.2 Å². The average molecular weight is 268 g/mol. The van der Waals surface area contributed by atoms with Gasteiger partial charge in [0.05, 0.1) is 0 Å². The molecule has 0 saturated heterocycles. The van der Waals surface area contributed by atoms with Gasteiger partial charge in [-0.05, 0) is 24.6 Å². The van der Waals surface area contributed by atoms with Crippen molar-refractivity contribution in [2.45, 2.75) is 11.8 Å². The first kappa shape index (κ1) is 13.6. The van der Waals surface area contributed by atoms with E-state index in [9.17, 15) is 4.79 Å². The minimum Gasteiger partial charge on any atom is -0.295 e. The molecule has 2 rings (SSSR count). The highest BCUT2D eigenvalue weighted by atomic mass is 32.2. The summed E-state index contributed by atoms with van der Waals surface area (Å²) in [4.78, 5) is 12.4. The summed E-state index contributed by atoms with van der Waals surface area (Å²) in [5, 5.41) is 0. The van der Waals surface area contributed by atoms with Crippen LogP contribution in [0, 0.1) is 0 Å². The Bertz CT molecular complexity index is 573. The lowest BCUT2D eigenvalue weighted by molar-refractivity contribution is 0.101. The first-order valence-corrected chi connectivity index (χ1v) is 7.19. The monoisotopic (exact) mass is 268 g/mol. The van der Waals surface area contributed by atoms with Crippen LogP contribution in [0.3, 0.4) is 0 Å². The Morgan fingerprint density at radius 1 is 1.11 bits per heavy atom. The third-order valence-electron chi connectivity index (χ3n) is 2.70. The molecule has 0 radical (unpaired) electrons. The van der Waals surface area contributed by atoms with Gasteiger partial charge in [-0.3, -0.25) is 4.79 Å². The summed E-state index contributed by atoms with van der Waals surface area (Å²) in [6, 6.07) is 18.0. The smallest absolute Gasteiger partial charge is 0.159 e. The van der Waals surface area contributed by atoms with Crippen LogP contribution in [0.4, 0.5) is 0 Å². The summed E-state index contributed by atoms with van der Waals surface area (Å²) in [5.41, 5.74) is 1.98. The Hall–Kier alpha value is -1.80. The van der Waals surface area contributed by atoms with E-state index in [-0.39, 0.29) is 5.78 Å². The second-order valence-corrected chi connectivity index (χ2v) is 5.30. The molecule has 0 atom stereocenters. The number of benzene rings is 2. The van der Waals surface area contributed by atoms with Crippen molar-refractivity contribution in [3.63, 3.8) is 0 Å². The van der Waals surface area contributed by atoms with E-state index >= 15 is 0 Å². The average Bonchev–Trinajstić information content (AvgIpc) is 2.45. The molecule has 0 bridgehead atoms. The van der Waals surface area contributed by atoms with Crippen molar-refractivity contribution < 1.29 is 4.79 Å². The molecule has 0 aliphatic heterocycles. The maximum Gasteiger partial charge on any atom is 0.159 e. The highest BCUT2D eigenvalue weighted by molar-refractivity contribution is 7.99. The maximum atomic E-state index is 11.3. The van der Waals surface area contributed by atoms with E-state index in [2.05, 4.69) is 24.3 Å². The summed E-state index contributed by atoms with van der Waals surface area (Å²) >= 11 is 1.73. The lowest BCUT2D eigenvalue weighted by Gasteiger charge is -2.00. The van der Waals surface area contributed by atoms with E-state index in [0.717, 1.165) is 16.2 Å². The van der Waals surface area contributed by atoms with Crippen LogP contribution in [0.2, 0.25) is 0 Å². The highest BCUT2D eigenvalue weighted by Gasteiger charge is 1.99. The number of ketones is 1. The Balaban J connectivity index is 1.91. The van der Waals surface area contributed by atoms with Crippen LogP contribution in [0.25, 0.3) is 6.08 Å². The van der Waals surface area contributed by atoms with Gasteiger partial charge in [0.2, 0.25) is 0 Å². The molecule has 0 aliphatic rings. The molecule has 2 aromatic rings. The molecule has 0 spiro atoms.